The van der Waals surface area contributed by atoms with E-state index >= 15 is 0 Å². The Labute approximate surface area is 197 Å². The SMILES string of the molecule is CCCCCn1c(=O)n(CCCc2cccc(Cc3ccccc3)c2)c(=O)c2[nH]c(Cl)nc21. The van der Waals surface area contributed by atoms with Gasteiger partial charge in [-0.25, -0.2) is 4.79 Å². The average Bonchev–Trinajstić information content (AvgIpc) is 3.21. The lowest BCUT2D eigenvalue weighted by Crippen LogP contribution is -2.40. The first-order chi connectivity index (χ1) is 16.1. The van der Waals surface area contributed by atoms with Crippen molar-refractivity contribution in [2.45, 2.75) is 58.5 Å². The number of nitrogens with zero attached hydrogens (tertiary/aromatic N) is 3. The van der Waals surface area contributed by atoms with Crippen LogP contribution in [0.2, 0.25) is 5.28 Å². The third-order valence-electron chi connectivity index (χ3n) is 5.91. The van der Waals surface area contributed by atoms with E-state index in [2.05, 4.69) is 65.4 Å². The number of unbranched alkanes of at least 4 members (excludes halogenated alkanes) is 2. The molecule has 1 N–H and O–H groups in total. The third kappa shape index (κ3) is 5.45. The van der Waals surface area contributed by atoms with Crippen molar-refractivity contribution in [3.05, 3.63) is 97.4 Å². The lowest BCUT2D eigenvalue weighted by Gasteiger charge is -2.11. The van der Waals surface area contributed by atoms with Crippen molar-refractivity contribution in [2.24, 2.45) is 0 Å². The lowest BCUT2D eigenvalue weighted by molar-refractivity contribution is 0.526. The normalized spacial score (nSPS) is 11.3. The second-order valence-corrected chi connectivity index (χ2v) is 8.77. The molecular formula is C26H29ClN4O2. The van der Waals surface area contributed by atoms with Crippen LogP contribution in [0, 0.1) is 0 Å². The van der Waals surface area contributed by atoms with E-state index in [1.807, 2.05) is 6.07 Å². The minimum absolute atomic E-state index is 0.124. The van der Waals surface area contributed by atoms with Gasteiger partial charge in [0, 0.05) is 13.1 Å². The predicted octanol–water partition coefficient (Wildman–Crippen LogP) is 4.95. The lowest BCUT2D eigenvalue weighted by atomic mass is 10.0. The van der Waals surface area contributed by atoms with Crippen LogP contribution in [-0.2, 0) is 25.9 Å². The number of imidazole rings is 1. The molecule has 0 spiro atoms. The fourth-order valence-electron chi connectivity index (χ4n) is 4.23. The molecule has 0 bridgehead atoms. The Morgan fingerprint density at radius 1 is 0.879 bits per heavy atom. The number of aromatic nitrogens is 4. The standard InChI is InChI=1S/C26H29ClN4O2/c1-2-3-7-15-30-23-22(28-25(27)29-23)24(32)31(26(30)33)16-9-14-20-12-8-13-21(18-20)17-19-10-5-4-6-11-19/h4-6,8,10-13,18H,2-3,7,9,14-17H2,1H3,(H,28,29). The minimum Gasteiger partial charge on any atom is -0.323 e. The van der Waals surface area contributed by atoms with Crippen LogP contribution in [0.5, 0.6) is 0 Å². The van der Waals surface area contributed by atoms with Crippen LogP contribution in [0.4, 0.5) is 0 Å². The summed E-state index contributed by atoms with van der Waals surface area (Å²) < 4.78 is 2.89. The van der Waals surface area contributed by atoms with Crippen LogP contribution in [0.15, 0.2) is 64.2 Å². The highest BCUT2D eigenvalue weighted by molar-refractivity contribution is 6.28. The summed E-state index contributed by atoms with van der Waals surface area (Å²) >= 11 is 6.02. The maximum absolute atomic E-state index is 13.1. The van der Waals surface area contributed by atoms with Crippen LogP contribution < -0.4 is 11.2 Å². The van der Waals surface area contributed by atoms with Crippen LogP contribution in [0.3, 0.4) is 0 Å². The molecule has 2 heterocycles. The van der Waals surface area contributed by atoms with E-state index in [9.17, 15) is 9.59 Å². The van der Waals surface area contributed by atoms with Crippen molar-refractivity contribution in [3.8, 4) is 0 Å². The number of rotatable bonds is 10. The Hall–Kier alpha value is -3.12. The van der Waals surface area contributed by atoms with Crippen LogP contribution in [0.25, 0.3) is 11.2 Å². The van der Waals surface area contributed by atoms with E-state index in [0.29, 0.717) is 30.7 Å². The average molecular weight is 465 g/mol. The topological polar surface area (TPSA) is 72.7 Å². The van der Waals surface area contributed by atoms with Crippen molar-refractivity contribution >= 4 is 22.8 Å². The van der Waals surface area contributed by atoms with E-state index in [4.69, 9.17) is 11.6 Å². The fourth-order valence-corrected chi connectivity index (χ4v) is 4.40. The van der Waals surface area contributed by atoms with Gasteiger partial charge < -0.3 is 4.98 Å². The summed E-state index contributed by atoms with van der Waals surface area (Å²) in [6, 6.07) is 18.9. The number of benzene rings is 2. The van der Waals surface area contributed by atoms with Gasteiger partial charge in [0.05, 0.1) is 0 Å². The van der Waals surface area contributed by atoms with Crippen molar-refractivity contribution in [3.63, 3.8) is 0 Å². The molecule has 2 aromatic carbocycles. The zero-order valence-corrected chi connectivity index (χ0v) is 19.6. The van der Waals surface area contributed by atoms with E-state index in [-0.39, 0.29) is 16.5 Å². The summed E-state index contributed by atoms with van der Waals surface area (Å²) in [5, 5.41) is 0.124. The monoisotopic (exact) mass is 464 g/mol. The molecule has 0 unspecified atom stereocenters. The first-order valence-electron chi connectivity index (χ1n) is 11.6. The minimum atomic E-state index is -0.362. The number of aromatic amines is 1. The first-order valence-corrected chi connectivity index (χ1v) is 11.9. The van der Waals surface area contributed by atoms with Gasteiger partial charge in [0.1, 0.15) is 0 Å². The van der Waals surface area contributed by atoms with E-state index in [1.54, 1.807) is 4.57 Å². The van der Waals surface area contributed by atoms with Gasteiger partial charge in [0.25, 0.3) is 5.56 Å². The number of aryl methyl sites for hydroxylation is 2. The van der Waals surface area contributed by atoms with Gasteiger partial charge in [0.2, 0.25) is 5.28 Å². The molecule has 0 atom stereocenters. The molecule has 4 aromatic rings. The number of hydrogen-bond donors (Lipinski definition) is 1. The largest absolute Gasteiger partial charge is 0.332 e. The molecule has 0 amide bonds. The fraction of sp³-hybridized carbons (Fsp3) is 0.346. The Morgan fingerprint density at radius 2 is 1.61 bits per heavy atom. The Morgan fingerprint density at radius 3 is 2.39 bits per heavy atom. The van der Waals surface area contributed by atoms with Gasteiger partial charge in [0.15, 0.2) is 11.2 Å². The van der Waals surface area contributed by atoms with Crippen molar-refractivity contribution < 1.29 is 0 Å². The quantitative estimate of drug-likeness (QED) is 0.266. The summed E-state index contributed by atoms with van der Waals surface area (Å²) in [7, 11) is 0. The highest BCUT2D eigenvalue weighted by atomic mass is 35.5. The number of fused-ring (bicyclic) bond motifs is 1. The summed E-state index contributed by atoms with van der Waals surface area (Å²) in [4.78, 5) is 33.1. The third-order valence-corrected chi connectivity index (χ3v) is 6.09. The van der Waals surface area contributed by atoms with Crippen LogP contribution >= 0.6 is 11.6 Å². The first kappa shape index (κ1) is 23.1. The van der Waals surface area contributed by atoms with Gasteiger partial charge in [-0.2, -0.15) is 4.98 Å². The van der Waals surface area contributed by atoms with Gasteiger partial charge in [-0.3, -0.25) is 13.9 Å². The molecule has 0 radical (unpaired) electrons. The highest BCUT2D eigenvalue weighted by Gasteiger charge is 2.16. The predicted molar refractivity (Wildman–Crippen MR) is 133 cm³/mol. The zero-order valence-electron chi connectivity index (χ0n) is 18.9. The molecule has 7 heteroatoms. The molecule has 0 fully saturated rings. The maximum Gasteiger partial charge on any atom is 0.332 e. The van der Waals surface area contributed by atoms with E-state index in [0.717, 1.165) is 32.1 Å². The molecule has 172 valence electrons. The number of hydrogen-bond acceptors (Lipinski definition) is 3. The smallest absolute Gasteiger partial charge is 0.323 e. The van der Waals surface area contributed by atoms with Crippen molar-refractivity contribution in [1.82, 2.24) is 19.1 Å². The van der Waals surface area contributed by atoms with Crippen molar-refractivity contribution in [2.75, 3.05) is 0 Å². The van der Waals surface area contributed by atoms with Gasteiger partial charge >= 0.3 is 5.69 Å². The van der Waals surface area contributed by atoms with Gasteiger partial charge in [-0.1, -0.05) is 74.4 Å². The zero-order chi connectivity index (χ0) is 23.2. The molecule has 0 aliphatic rings. The number of halogens is 1. The summed E-state index contributed by atoms with van der Waals surface area (Å²) in [5.41, 5.74) is 3.69. The van der Waals surface area contributed by atoms with E-state index < -0.39 is 0 Å². The Balaban J connectivity index is 1.51. The Bertz CT molecular complexity index is 1340. The molecule has 33 heavy (non-hydrogen) atoms. The molecule has 0 aliphatic carbocycles. The molecule has 6 nitrogen and oxygen atoms in total. The highest BCUT2D eigenvalue weighted by Crippen LogP contribution is 2.14. The van der Waals surface area contributed by atoms with Crippen LogP contribution in [0.1, 0.15) is 49.3 Å². The molecule has 0 saturated carbocycles. The van der Waals surface area contributed by atoms with E-state index in [1.165, 1.54) is 21.3 Å². The van der Waals surface area contributed by atoms with Gasteiger partial charge in [-0.05, 0) is 54.0 Å². The summed E-state index contributed by atoms with van der Waals surface area (Å²) in [6.07, 6.45) is 5.25. The van der Waals surface area contributed by atoms with Crippen molar-refractivity contribution in [1.29, 1.82) is 0 Å². The number of nitrogens with one attached hydrogen (secondary N) is 1. The second-order valence-electron chi connectivity index (χ2n) is 8.41. The molecule has 2 aromatic heterocycles. The summed E-state index contributed by atoms with van der Waals surface area (Å²) in [5.74, 6) is 0. The number of H-pyrrole nitrogens is 1. The summed E-state index contributed by atoms with van der Waals surface area (Å²) in [6.45, 7) is 2.98. The molecule has 4 rings (SSSR count). The van der Waals surface area contributed by atoms with Crippen LogP contribution in [-0.4, -0.2) is 19.1 Å². The second kappa shape index (κ2) is 10.7. The molecular weight excluding hydrogens is 436 g/mol. The molecule has 0 saturated heterocycles. The molecule has 0 aliphatic heterocycles. The van der Waals surface area contributed by atoms with Gasteiger partial charge in [-0.15, -0.1) is 0 Å². The Kier molecular flexibility index (Phi) is 7.45. The maximum atomic E-state index is 13.1.